The zero-order valence-electron chi connectivity index (χ0n) is 12.8. The van der Waals surface area contributed by atoms with E-state index in [1.54, 1.807) is 0 Å². The molecule has 3 heteroatoms. The van der Waals surface area contributed by atoms with Crippen LogP contribution in [0.15, 0.2) is 0 Å². The Bertz CT molecular complexity index is 286. The van der Waals surface area contributed by atoms with E-state index in [9.17, 15) is 0 Å². The molecule has 1 heterocycles. The predicted octanol–water partition coefficient (Wildman–Crippen LogP) is 2.41. The molecule has 0 unspecified atom stereocenters. The van der Waals surface area contributed by atoms with Crippen LogP contribution in [0.3, 0.4) is 0 Å². The summed E-state index contributed by atoms with van der Waals surface area (Å²) >= 11 is 0. The van der Waals surface area contributed by atoms with Crippen molar-refractivity contribution in [3.05, 3.63) is 0 Å². The number of hydrogen-bond acceptors (Lipinski definition) is 3. The molecular formula is C17H30N2O. The van der Waals surface area contributed by atoms with Crippen molar-refractivity contribution in [1.82, 2.24) is 10.2 Å². The molecule has 0 bridgehead atoms. The van der Waals surface area contributed by atoms with E-state index < -0.39 is 0 Å². The average molecular weight is 278 g/mol. The fraction of sp³-hybridized carbons (Fsp3) is 0.882. The summed E-state index contributed by atoms with van der Waals surface area (Å²) in [6.45, 7) is 5.10. The van der Waals surface area contributed by atoms with Crippen LogP contribution >= 0.6 is 0 Å². The third kappa shape index (κ3) is 5.83. The first kappa shape index (κ1) is 15.8. The lowest BCUT2D eigenvalue weighted by Gasteiger charge is -2.31. The second-order valence-corrected chi connectivity index (χ2v) is 6.19. The van der Waals surface area contributed by atoms with Crippen LogP contribution in [0.5, 0.6) is 0 Å². The van der Waals surface area contributed by atoms with Crippen molar-refractivity contribution in [2.45, 2.75) is 63.5 Å². The Balaban J connectivity index is 1.44. The molecule has 3 nitrogen and oxygen atoms in total. The number of nitrogens with one attached hydrogen (secondary N) is 1. The molecule has 0 atom stereocenters. The Labute approximate surface area is 124 Å². The van der Waals surface area contributed by atoms with Crippen LogP contribution in [0.1, 0.15) is 51.4 Å². The SMILES string of the molecule is C#CCN1CCC(NCCCOC2CCCCC2)CC1. The first-order valence-electron chi connectivity index (χ1n) is 8.39. The van der Waals surface area contributed by atoms with E-state index in [0.717, 1.165) is 39.2 Å². The lowest BCUT2D eigenvalue weighted by molar-refractivity contribution is 0.0269. The van der Waals surface area contributed by atoms with Gasteiger partial charge in [-0.25, -0.2) is 0 Å². The fourth-order valence-electron chi connectivity index (χ4n) is 3.28. The van der Waals surface area contributed by atoms with E-state index in [-0.39, 0.29) is 0 Å². The summed E-state index contributed by atoms with van der Waals surface area (Å²) in [5.41, 5.74) is 0. The van der Waals surface area contributed by atoms with Gasteiger partial charge in [0, 0.05) is 25.7 Å². The molecule has 0 aromatic rings. The highest BCUT2D eigenvalue weighted by atomic mass is 16.5. The van der Waals surface area contributed by atoms with Crippen LogP contribution in [0.25, 0.3) is 0 Å². The minimum atomic E-state index is 0.552. The minimum absolute atomic E-state index is 0.552. The van der Waals surface area contributed by atoms with E-state index in [4.69, 9.17) is 11.2 Å². The van der Waals surface area contributed by atoms with Crippen molar-refractivity contribution < 1.29 is 4.74 Å². The van der Waals surface area contributed by atoms with Gasteiger partial charge in [-0.05, 0) is 38.6 Å². The monoisotopic (exact) mass is 278 g/mol. The molecule has 1 saturated heterocycles. The van der Waals surface area contributed by atoms with Crippen LogP contribution in [0, 0.1) is 12.3 Å². The van der Waals surface area contributed by atoms with E-state index in [1.807, 2.05) is 0 Å². The smallest absolute Gasteiger partial charge is 0.0598 e. The number of piperidine rings is 1. The second kappa shape index (κ2) is 9.39. The maximum absolute atomic E-state index is 5.95. The van der Waals surface area contributed by atoms with Gasteiger partial charge in [-0.2, -0.15) is 0 Å². The molecule has 0 aromatic heterocycles. The Kier molecular flexibility index (Phi) is 7.43. The third-order valence-corrected chi connectivity index (χ3v) is 4.56. The molecule has 2 rings (SSSR count). The summed E-state index contributed by atoms with van der Waals surface area (Å²) in [5, 5.41) is 3.66. The summed E-state index contributed by atoms with van der Waals surface area (Å²) in [6.07, 6.45) is 16.2. The third-order valence-electron chi connectivity index (χ3n) is 4.56. The molecular weight excluding hydrogens is 248 g/mol. The summed E-state index contributed by atoms with van der Waals surface area (Å²) in [5.74, 6) is 2.73. The van der Waals surface area contributed by atoms with Crippen molar-refractivity contribution in [2.24, 2.45) is 0 Å². The standard InChI is InChI=1S/C17H30N2O/c1-2-12-19-13-9-16(10-14-19)18-11-6-15-20-17-7-4-3-5-8-17/h1,16-18H,3-15H2. The lowest BCUT2D eigenvalue weighted by Crippen LogP contribution is -2.43. The molecule has 1 aliphatic heterocycles. The quantitative estimate of drug-likeness (QED) is 0.572. The van der Waals surface area contributed by atoms with Gasteiger partial charge >= 0.3 is 0 Å². The van der Waals surface area contributed by atoms with Crippen molar-refractivity contribution in [3.63, 3.8) is 0 Å². The number of nitrogens with zero attached hydrogens (tertiary/aromatic N) is 1. The van der Waals surface area contributed by atoms with Crippen LogP contribution in [-0.2, 0) is 4.74 Å². The summed E-state index contributed by atoms with van der Waals surface area (Å²) in [4.78, 5) is 2.37. The van der Waals surface area contributed by atoms with E-state index in [1.165, 1.54) is 44.9 Å². The van der Waals surface area contributed by atoms with Gasteiger partial charge in [0.2, 0.25) is 0 Å². The molecule has 0 aromatic carbocycles. The topological polar surface area (TPSA) is 24.5 Å². The normalized spacial score (nSPS) is 22.8. The van der Waals surface area contributed by atoms with Crippen molar-refractivity contribution in [3.8, 4) is 12.3 Å². The zero-order chi connectivity index (χ0) is 14.0. The van der Waals surface area contributed by atoms with Crippen molar-refractivity contribution in [2.75, 3.05) is 32.8 Å². The Morgan fingerprint density at radius 2 is 1.85 bits per heavy atom. The van der Waals surface area contributed by atoms with Gasteiger partial charge in [-0.3, -0.25) is 4.90 Å². The van der Waals surface area contributed by atoms with Crippen LogP contribution in [0.4, 0.5) is 0 Å². The number of terminal acetylenes is 1. The van der Waals surface area contributed by atoms with Crippen LogP contribution < -0.4 is 5.32 Å². The first-order chi connectivity index (χ1) is 9.88. The maximum Gasteiger partial charge on any atom is 0.0598 e. The number of likely N-dealkylation sites (tertiary alicyclic amines) is 1. The Hall–Kier alpha value is -0.560. The molecule has 2 aliphatic rings. The van der Waals surface area contributed by atoms with Gasteiger partial charge in [0.25, 0.3) is 0 Å². The fourth-order valence-corrected chi connectivity index (χ4v) is 3.28. The molecule has 1 N–H and O–H groups in total. The van der Waals surface area contributed by atoms with Gasteiger partial charge in [-0.1, -0.05) is 25.2 Å². The number of hydrogen-bond donors (Lipinski definition) is 1. The van der Waals surface area contributed by atoms with Crippen LogP contribution in [0.2, 0.25) is 0 Å². The minimum Gasteiger partial charge on any atom is -0.378 e. The molecule has 114 valence electrons. The van der Waals surface area contributed by atoms with Gasteiger partial charge in [0.05, 0.1) is 12.6 Å². The lowest BCUT2D eigenvalue weighted by atomic mass is 9.98. The first-order valence-corrected chi connectivity index (χ1v) is 8.39. The summed E-state index contributed by atoms with van der Waals surface area (Å²) in [6, 6.07) is 0.679. The highest BCUT2D eigenvalue weighted by Crippen LogP contribution is 2.20. The van der Waals surface area contributed by atoms with Gasteiger partial charge in [0.15, 0.2) is 0 Å². The predicted molar refractivity (Wildman–Crippen MR) is 83.7 cm³/mol. The summed E-state index contributed by atoms with van der Waals surface area (Å²) in [7, 11) is 0. The Morgan fingerprint density at radius 1 is 1.10 bits per heavy atom. The molecule has 0 amide bonds. The van der Waals surface area contributed by atoms with Crippen molar-refractivity contribution in [1.29, 1.82) is 0 Å². The largest absolute Gasteiger partial charge is 0.378 e. The van der Waals surface area contributed by atoms with Crippen molar-refractivity contribution >= 4 is 0 Å². The van der Waals surface area contributed by atoms with E-state index in [0.29, 0.717) is 12.1 Å². The molecule has 1 saturated carbocycles. The molecule has 20 heavy (non-hydrogen) atoms. The number of rotatable bonds is 7. The zero-order valence-corrected chi connectivity index (χ0v) is 12.8. The van der Waals surface area contributed by atoms with Crippen LogP contribution in [-0.4, -0.2) is 49.8 Å². The molecule has 0 spiro atoms. The van der Waals surface area contributed by atoms with Gasteiger partial charge < -0.3 is 10.1 Å². The molecule has 1 aliphatic carbocycles. The van der Waals surface area contributed by atoms with E-state index >= 15 is 0 Å². The highest BCUT2D eigenvalue weighted by Gasteiger charge is 2.17. The molecule has 0 radical (unpaired) electrons. The molecule has 2 fully saturated rings. The Morgan fingerprint density at radius 3 is 2.55 bits per heavy atom. The average Bonchev–Trinajstić information content (AvgIpc) is 2.50. The van der Waals surface area contributed by atoms with E-state index in [2.05, 4.69) is 16.1 Å². The van der Waals surface area contributed by atoms with Gasteiger partial charge in [-0.15, -0.1) is 6.42 Å². The summed E-state index contributed by atoms with van der Waals surface area (Å²) < 4.78 is 5.95. The second-order valence-electron chi connectivity index (χ2n) is 6.19. The highest BCUT2D eigenvalue weighted by molar-refractivity contribution is 4.90. The van der Waals surface area contributed by atoms with Gasteiger partial charge in [0.1, 0.15) is 0 Å². The maximum atomic E-state index is 5.95. The number of ether oxygens (including phenoxy) is 1.